The molecule has 2 aliphatic rings. The van der Waals surface area contributed by atoms with E-state index in [0.29, 0.717) is 30.5 Å². The Morgan fingerprint density at radius 3 is 2.16 bits per heavy atom. The zero-order valence-electron chi connectivity index (χ0n) is 30.7. The molecule has 3 N–H and O–H groups in total. The third kappa shape index (κ3) is 8.91. The van der Waals surface area contributed by atoms with Crippen LogP contribution in [0.4, 0.5) is 45.9 Å². The molecule has 7 rings (SSSR count). The van der Waals surface area contributed by atoms with E-state index in [1.807, 2.05) is 48.5 Å². The molecule has 5 aromatic rings. The molecule has 1 aromatic heterocycles. The zero-order chi connectivity index (χ0) is 39.9. The number of hydrogen-bond acceptors (Lipinski definition) is 10. The van der Waals surface area contributed by atoms with Crippen molar-refractivity contribution in [2.45, 2.75) is 37.9 Å². The van der Waals surface area contributed by atoms with Gasteiger partial charge in [-0.1, -0.05) is 72.8 Å². The molecular weight excluding hydrogens is 743 g/mol. The van der Waals surface area contributed by atoms with Crippen LogP contribution in [0.1, 0.15) is 57.8 Å². The fraction of sp³-hybridized carbons (Fsp3) is 0.244. The molecule has 0 saturated carbocycles. The number of fused-ring (bicyclic) bond motifs is 3. The van der Waals surface area contributed by atoms with Gasteiger partial charge in [-0.2, -0.15) is 18.2 Å². The maximum atomic E-state index is 14.0. The lowest BCUT2D eigenvalue weighted by Gasteiger charge is -2.29. The quantitative estimate of drug-likeness (QED) is 0.118. The number of ether oxygens (including phenoxy) is 1. The van der Waals surface area contributed by atoms with E-state index in [0.717, 1.165) is 46.6 Å². The molecular formula is C41H38F3N7O6. The number of nitrogens with one attached hydrogen (secondary N) is 3. The van der Waals surface area contributed by atoms with Crippen LogP contribution in [0.2, 0.25) is 0 Å². The average molecular weight is 782 g/mol. The van der Waals surface area contributed by atoms with Crippen molar-refractivity contribution in [1.82, 2.24) is 25.4 Å². The first-order valence-corrected chi connectivity index (χ1v) is 18.2. The number of alkyl halides is 3. The van der Waals surface area contributed by atoms with E-state index in [1.54, 1.807) is 41.3 Å². The van der Waals surface area contributed by atoms with Crippen LogP contribution in [-0.2, 0) is 27.1 Å². The zero-order valence-corrected chi connectivity index (χ0v) is 30.7. The number of hydroxylamine groups is 3. The summed E-state index contributed by atoms with van der Waals surface area (Å²) in [6.07, 6.45) is -3.04. The van der Waals surface area contributed by atoms with Crippen LogP contribution in [0.15, 0.2) is 103 Å². The van der Waals surface area contributed by atoms with Gasteiger partial charge in [-0.25, -0.2) is 20.1 Å². The fourth-order valence-corrected chi connectivity index (χ4v) is 6.83. The predicted molar refractivity (Wildman–Crippen MR) is 203 cm³/mol. The van der Waals surface area contributed by atoms with E-state index < -0.39 is 35.7 Å². The molecule has 16 heteroatoms. The van der Waals surface area contributed by atoms with Crippen LogP contribution in [0.3, 0.4) is 0 Å². The summed E-state index contributed by atoms with van der Waals surface area (Å²) in [6.45, 7) is 0.883. The summed E-state index contributed by atoms with van der Waals surface area (Å²) in [6, 6.07) is 28.3. The van der Waals surface area contributed by atoms with Crippen molar-refractivity contribution in [1.29, 1.82) is 0 Å². The first-order chi connectivity index (χ1) is 27.6. The number of benzene rings is 4. The molecule has 1 aliphatic carbocycles. The van der Waals surface area contributed by atoms with Crippen molar-refractivity contribution < 1.29 is 42.0 Å². The number of likely N-dealkylation sites (tertiary alicyclic amines) is 1. The molecule has 1 saturated heterocycles. The van der Waals surface area contributed by atoms with Crippen molar-refractivity contribution in [3.05, 3.63) is 131 Å². The Hall–Kier alpha value is -6.68. The predicted octanol–water partition coefficient (Wildman–Crippen LogP) is 8.56. The lowest BCUT2D eigenvalue weighted by Crippen LogP contribution is -2.42. The van der Waals surface area contributed by atoms with Gasteiger partial charge in [0.2, 0.25) is 5.95 Å². The van der Waals surface area contributed by atoms with Crippen LogP contribution in [-0.4, -0.2) is 64.8 Å². The SMILES string of the molecule is CONC(=O)c1ccccc1Nc1nc(Nc2ccc(CN(OC(=O)N3CCCCC3)C(=O)OCC3c4ccccc4-c4ccccc43)cc2)ncc1C(F)(F)F. The lowest BCUT2D eigenvalue weighted by molar-refractivity contribution is -0.137. The van der Waals surface area contributed by atoms with Crippen molar-refractivity contribution in [2.75, 3.05) is 37.4 Å². The normalized spacial score (nSPS) is 13.6. The monoisotopic (exact) mass is 781 g/mol. The highest BCUT2D eigenvalue weighted by Gasteiger charge is 2.36. The summed E-state index contributed by atoms with van der Waals surface area (Å²) in [5.41, 5.74) is 6.23. The lowest BCUT2D eigenvalue weighted by atomic mass is 9.98. The molecule has 13 nitrogen and oxygen atoms in total. The number of carbonyl (C=O) groups is 3. The second-order valence-electron chi connectivity index (χ2n) is 13.3. The summed E-state index contributed by atoms with van der Waals surface area (Å²) in [4.78, 5) is 59.2. The van der Waals surface area contributed by atoms with E-state index in [-0.39, 0.29) is 36.3 Å². The molecule has 1 fully saturated rings. The van der Waals surface area contributed by atoms with Gasteiger partial charge in [0.1, 0.15) is 18.0 Å². The van der Waals surface area contributed by atoms with Gasteiger partial charge in [-0.15, -0.1) is 5.06 Å². The number of carbonyl (C=O) groups excluding carboxylic acids is 3. The van der Waals surface area contributed by atoms with Gasteiger partial charge in [0.05, 0.1) is 24.9 Å². The number of aromatic nitrogens is 2. The second-order valence-corrected chi connectivity index (χ2v) is 13.3. The third-order valence-corrected chi connectivity index (χ3v) is 9.59. The molecule has 0 radical (unpaired) electrons. The van der Waals surface area contributed by atoms with Crippen molar-refractivity contribution in [3.63, 3.8) is 0 Å². The van der Waals surface area contributed by atoms with Crippen molar-refractivity contribution >= 4 is 41.2 Å². The second kappa shape index (κ2) is 17.0. The molecule has 0 atom stereocenters. The summed E-state index contributed by atoms with van der Waals surface area (Å²) in [5, 5.41) is 6.39. The van der Waals surface area contributed by atoms with E-state index >= 15 is 0 Å². The molecule has 294 valence electrons. The van der Waals surface area contributed by atoms with E-state index in [2.05, 4.69) is 30.9 Å². The number of amides is 3. The molecule has 0 spiro atoms. The van der Waals surface area contributed by atoms with Crippen molar-refractivity contribution in [3.8, 4) is 11.1 Å². The van der Waals surface area contributed by atoms with Crippen LogP contribution < -0.4 is 16.1 Å². The standard InChI is InChI=1S/C41H38F3N7O6/c1-55-49-37(52)32-15-7-8-16-35(32)47-36-34(41(42,43)44)23-45-38(48-36)46-27-19-17-26(18-20-27)24-51(57-39(53)50-21-9-2-10-22-50)40(54)56-25-33-30-13-5-3-11-28(30)29-12-4-6-14-31(29)33/h3-8,11-20,23,33H,2,9-10,21-22,24-25H2,1H3,(H,49,52)(H2,45,46,47,48). The Morgan fingerprint density at radius 2 is 1.49 bits per heavy atom. The highest BCUT2D eigenvalue weighted by molar-refractivity contribution is 5.99. The summed E-state index contributed by atoms with van der Waals surface area (Å²) < 4.78 is 47.9. The third-order valence-electron chi connectivity index (χ3n) is 9.59. The number of nitrogens with zero attached hydrogens (tertiary/aromatic N) is 4. The summed E-state index contributed by atoms with van der Waals surface area (Å²) >= 11 is 0. The smallest absolute Gasteiger partial charge is 0.443 e. The Labute approximate surface area is 325 Å². The number of anilines is 4. The van der Waals surface area contributed by atoms with E-state index in [9.17, 15) is 27.6 Å². The Kier molecular flexibility index (Phi) is 11.5. The minimum absolute atomic E-state index is 0.0173. The van der Waals surface area contributed by atoms with Crippen LogP contribution in [0.5, 0.6) is 0 Å². The maximum Gasteiger partial charge on any atom is 0.443 e. The van der Waals surface area contributed by atoms with Crippen LogP contribution in [0, 0.1) is 0 Å². The summed E-state index contributed by atoms with van der Waals surface area (Å²) in [7, 11) is 1.23. The highest BCUT2D eigenvalue weighted by Crippen LogP contribution is 2.44. The largest absolute Gasteiger partial charge is 0.446 e. The molecule has 2 heterocycles. The number of hydrogen-bond donors (Lipinski definition) is 3. The van der Waals surface area contributed by atoms with Gasteiger partial charge in [-0.05, 0) is 71.3 Å². The Morgan fingerprint density at radius 1 is 0.842 bits per heavy atom. The topological polar surface area (TPSA) is 147 Å². The number of piperidine rings is 1. The minimum Gasteiger partial charge on any atom is -0.446 e. The number of rotatable bonds is 10. The average Bonchev–Trinajstić information content (AvgIpc) is 3.54. The first kappa shape index (κ1) is 38.6. The summed E-state index contributed by atoms with van der Waals surface area (Å²) in [5.74, 6) is -1.66. The molecule has 0 bridgehead atoms. The first-order valence-electron chi connectivity index (χ1n) is 18.2. The van der Waals surface area contributed by atoms with Gasteiger partial charge >= 0.3 is 18.4 Å². The Bertz CT molecular complexity index is 2200. The van der Waals surface area contributed by atoms with Crippen LogP contribution in [0.25, 0.3) is 11.1 Å². The molecule has 0 unspecified atom stereocenters. The van der Waals surface area contributed by atoms with Crippen molar-refractivity contribution in [2.24, 2.45) is 0 Å². The maximum absolute atomic E-state index is 14.0. The number of para-hydroxylation sites is 1. The molecule has 1 aliphatic heterocycles. The van der Waals surface area contributed by atoms with Gasteiger partial charge in [0, 0.05) is 30.9 Å². The van der Waals surface area contributed by atoms with Gasteiger partial charge in [0.15, 0.2) is 0 Å². The van der Waals surface area contributed by atoms with Gasteiger partial charge < -0.3 is 25.1 Å². The highest BCUT2D eigenvalue weighted by atomic mass is 19.4. The molecule has 4 aromatic carbocycles. The van der Waals surface area contributed by atoms with E-state index in [4.69, 9.17) is 9.57 Å². The van der Waals surface area contributed by atoms with Gasteiger partial charge in [0.25, 0.3) is 5.91 Å². The minimum atomic E-state index is -4.82. The van der Waals surface area contributed by atoms with Crippen LogP contribution >= 0.6 is 0 Å². The molecule has 3 amide bonds. The Balaban J connectivity index is 1.07. The fourth-order valence-electron chi connectivity index (χ4n) is 6.83. The van der Waals surface area contributed by atoms with E-state index in [1.165, 1.54) is 19.2 Å². The van der Waals surface area contributed by atoms with Gasteiger partial charge in [-0.3, -0.25) is 9.63 Å². The number of halogens is 3. The molecule has 57 heavy (non-hydrogen) atoms.